The molecule has 1 aliphatic rings. The number of hydrogen-bond donors (Lipinski definition) is 1. The van der Waals surface area contributed by atoms with Crippen LogP contribution in [0.1, 0.15) is 30.4 Å². The Bertz CT molecular complexity index is 499. The van der Waals surface area contributed by atoms with E-state index in [-0.39, 0.29) is 5.97 Å². The summed E-state index contributed by atoms with van der Waals surface area (Å²) in [7, 11) is 3.05. The molecule has 0 aromatic heterocycles. The molecule has 0 radical (unpaired) electrons. The van der Waals surface area contributed by atoms with Crippen LogP contribution in [-0.4, -0.2) is 44.2 Å². The van der Waals surface area contributed by atoms with Crippen molar-refractivity contribution in [1.29, 1.82) is 0 Å². The Morgan fingerprint density at radius 3 is 2.64 bits per heavy atom. The van der Waals surface area contributed by atoms with E-state index in [0.29, 0.717) is 6.42 Å². The van der Waals surface area contributed by atoms with Crippen molar-refractivity contribution in [1.82, 2.24) is 4.90 Å². The summed E-state index contributed by atoms with van der Waals surface area (Å²) < 4.78 is 10.1. The van der Waals surface area contributed by atoms with Gasteiger partial charge in [-0.15, -0.1) is 0 Å². The van der Waals surface area contributed by atoms with Gasteiger partial charge in [0.2, 0.25) is 0 Å². The Balaban J connectivity index is 2.09. The van der Waals surface area contributed by atoms with Gasteiger partial charge in [0.15, 0.2) is 0 Å². The SMILES string of the molecule is COC(=O)C(N)Cc1ccc(OC)c(CN2CCCCC2)c1. The van der Waals surface area contributed by atoms with Crippen molar-refractivity contribution in [2.45, 2.75) is 38.3 Å². The second-order valence-electron chi connectivity index (χ2n) is 5.82. The first-order chi connectivity index (χ1) is 10.6. The van der Waals surface area contributed by atoms with Gasteiger partial charge in [-0.3, -0.25) is 9.69 Å². The zero-order valence-electron chi connectivity index (χ0n) is 13.5. The Labute approximate surface area is 132 Å². The third-order valence-corrected chi connectivity index (χ3v) is 4.15. The van der Waals surface area contributed by atoms with Gasteiger partial charge in [-0.25, -0.2) is 0 Å². The molecule has 5 nitrogen and oxygen atoms in total. The number of piperidine rings is 1. The molecule has 0 aliphatic carbocycles. The standard InChI is InChI=1S/C17H26N2O3/c1-21-16-7-6-13(11-15(18)17(20)22-2)10-14(16)12-19-8-4-3-5-9-19/h6-7,10,15H,3-5,8-9,11-12,18H2,1-2H3. The van der Waals surface area contributed by atoms with Crippen molar-refractivity contribution in [2.24, 2.45) is 5.73 Å². The predicted molar refractivity (Wildman–Crippen MR) is 85.8 cm³/mol. The van der Waals surface area contributed by atoms with E-state index in [1.165, 1.54) is 26.4 Å². The molecular weight excluding hydrogens is 280 g/mol. The number of likely N-dealkylation sites (tertiary alicyclic amines) is 1. The second kappa shape index (κ2) is 8.15. The number of hydrogen-bond acceptors (Lipinski definition) is 5. The van der Waals surface area contributed by atoms with E-state index in [1.807, 2.05) is 12.1 Å². The molecule has 5 heteroatoms. The lowest BCUT2D eigenvalue weighted by atomic mass is 10.0. The molecule has 0 spiro atoms. The van der Waals surface area contributed by atoms with E-state index >= 15 is 0 Å². The molecule has 0 bridgehead atoms. The number of ether oxygens (including phenoxy) is 2. The number of carbonyl (C=O) groups excluding carboxylic acids is 1. The zero-order chi connectivity index (χ0) is 15.9. The maximum Gasteiger partial charge on any atom is 0.322 e. The van der Waals surface area contributed by atoms with Crippen molar-refractivity contribution in [3.8, 4) is 5.75 Å². The predicted octanol–water partition coefficient (Wildman–Crippen LogP) is 1.72. The molecule has 2 rings (SSSR count). The maximum absolute atomic E-state index is 11.5. The fourth-order valence-electron chi connectivity index (χ4n) is 2.93. The molecule has 0 amide bonds. The van der Waals surface area contributed by atoms with Gasteiger partial charge in [0.1, 0.15) is 11.8 Å². The first-order valence-corrected chi connectivity index (χ1v) is 7.85. The average molecular weight is 306 g/mol. The molecule has 2 N–H and O–H groups in total. The van der Waals surface area contributed by atoms with Crippen LogP contribution in [0.4, 0.5) is 0 Å². The first-order valence-electron chi connectivity index (χ1n) is 7.85. The van der Waals surface area contributed by atoms with Gasteiger partial charge in [0.25, 0.3) is 0 Å². The van der Waals surface area contributed by atoms with Gasteiger partial charge in [0.05, 0.1) is 14.2 Å². The molecule has 1 aromatic rings. The Kier molecular flexibility index (Phi) is 6.21. The number of methoxy groups -OCH3 is 2. The molecule has 1 aromatic carbocycles. The highest BCUT2D eigenvalue weighted by molar-refractivity contribution is 5.75. The summed E-state index contributed by atoms with van der Waals surface area (Å²) in [6.07, 6.45) is 4.32. The quantitative estimate of drug-likeness (QED) is 0.811. The van der Waals surface area contributed by atoms with Gasteiger partial charge < -0.3 is 15.2 Å². The molecule has 1 saturated heterocycles. The Hall–Kier alpha value is -1.59. The Morgan fingerprint density at radius 1 is 1.27 bits per heavy atom. The topological polar surface area (TPSA) is 64.8 Å². The van der Waals surface area contributed by atoms with E-state index in [9.17, 15) is 4.79 Å². The van der Waals surface area contributed by atoms with Crippen molar-refractivity contribution in [2.75, 3.05) is 27.3 Å². The summed E-state index contributed by atoms with van der Waals surface area (Å²) in [6, 6.07) is 5.39. The third-order valence-electron chi connectivity index (χ3n) is 4.15. The van der Waals surface area contributed by atoms with E-state index in [1.54, 1.807) is 7.11 Å². The molecular formula is C17H26N2O3. The van der Waals surface area contributed by atoms with Crippen LogP contribution >= 0.6 is 0 Å². The average Bonchev–Trinajstić information content (AvgIpc) is 2.55. The molecule has 1 fully saturated rings. The van der Waals surface area contributed by atoms with Gasteiger partial charge >= 0.3 is 5.97 Å². The van der Waals surface area contributed by atoms with Crippen LogP contribution in [0.25, 0.3) is 0 Å². The van der Waals surface area contributed by atoms with Crippen LogP contribution in [0.2, 0.25) is 0 Å². The minimum atomic E-state index is -0.624. The molecule has 1 unspecified atom stereocenters. The van der Waals surface area contributed by atoms with Gasteiger partial charge in [-0.2, -0.15) is 0 Å². The van der Waals surface area contributed by atoms with E-state index < -0.39 is 6.04 Å². The maximum atomic E-state index is 11.5. The van der Waals surface area contributed by atoms with E-state index in [4.69, 9.17) is 10.5 Å². The third kappa shape index (κ3) is 4.45. The van der Waals surface area contributed by atoms with Crippen molar-refractivity contribution < 1.29 is 14.3 Å². The van der Waals surface area contributed by atoms with Crippen LogP contribution < -0.4 is 10.5 Å². The first kappa shape index (κ1) is 16.8. The lowest BCUT2D eigenvalue weighted by Crippen LogP contribution is -2.33. The summed E-state index contributed by atoms with van der Waals surface area (Å²) in [5, 5.41) is 0. The molecule has 122 valence electrons. The highest BCUT2D eigenvalue weighted by atomic mass is 16.5. The fraction of sp³-hybridized carbons (Fsp3) is 0.588. The van der Waals surface area contributed by atoms with Crippen molar-refractivity contribution in [3.05, 3.63) is 29.3 Å². The van der Waals surface area contributed by atoms with Crippen LogP contribution in [0, 0.1) is 0 Å². The normalized spacial score (nSPS) is 17.0. The van der Waals surface area contributed by atoms with Crippen molar-refractivity contribution >= 4 is 5.97 Å². The monoisotopic (exact) mass is 306 g/mol. The second-order valence-corrected chi connectivity index (χ2v) is 5.82. The highest BCUT2D eigenvalue weighted by Crippen LogP contribution is 2.24. The summed E-state index contributed by atoms with van der Waals surface area (Å²) in [6.45, 7) is 3.15. The molecule has 1 atom stereocenters. The summed E-state index contributed by atoms with van der Waals surface area (Å²) >= 11 is 0. The number of esters is 1. The summed E-state index contributed by atoms with van der Waals surface area (Å²) in [5.41, 5.74) is 8.03. The van der Waals surface area contributed by atoms with Crippen LogP contribution in [0.15, 0.2) is 18.2 Å². The molecule has 1 heterocycles. The highest BCUT2D eigenvalue weighted by Gasteiger charge is 2.17. The van der Waals surface area contributed by atoms with E-state index in [2.05, 4.69) is 15.7 Å². The van der Waals surface area contributed by atoms with Gasteiger partial charge in [0, 0.05) is 12.1 Å². The fourth-order valence-corrected chi connectivity index (χ4v) is 2.93. The zero-order valence-corrected chi connectivity index (χ0v) is 13.5. The minimum Gasteiger partial charge on any atom is -0.496 e. The van der Waals surface area contributed by atoms with E-state index in [0.717, 1.165) is 36.5 Å². The molecule has 22 heavy (non-hydrogen) atoms. The minimum absolute atomic E-state index is 0.381. The number of nitrogens with zero attached hydrogens (tertiary/aromatic N) is 1. The van der Waals surface area contributed by atoms with Gasteiger partial charge in [-0.05, 0) is 44.0 Å². The number of benzene rings is 1. The molecule has 0 saturated carbocycles. The van der Waals surface area contributed by atoms with Crippen molar-refractivity contribution in [3.63, 3.8) is 0 Å². The summed E-state index contributed by atoms with van der Waals surface area (Å²) in [5.74, 6) is 0.509. The summed E-state index contributed by atoms with van der Waals surface area (Å²) in [4.78, 5) is 13.9. The number of carbonyl (C=O) groups is 1. The van der Waals surface area contributed by atoms with Crippen LogP contribution in [0.3, 0.4) is 0 Å². The van der Waals surface area contributed by atoms with Gasteiger partial charge in [-0.1, -0.05) is 18.6 Å². The lowest BCUT2D eigenvalue weighted by molar-refractivity contribution is -0.142. The van der Waals surface area contributed by atoms with Crippen LogP contribution in [0.5, 0.6) is 5.75 Å². The number of rotatable bonds is 6. The lowest BCUT2D eigenvalue weighted by Gasteiger charge is -2.27. The smallest absolute Gasteiger partial charge is 0.322 e. The Morgan fingerprint density at radius 2 is 2.00 bits per heavy atom. The molecule has 1 aliphatic heterocycles. The van der Waals surface area contributed by atoms with Crippen LogP contribution in [-0.2, 0) is 22.5 Å². The number of nitrogens with two attached hydrogens (primary N) is 1. The largest absolute Gasteiger partial charge is 0.496 e.